The summed E-state index contributed by atoms with van der Waals surface area (Å²) in [6.07, 6.45) is 14.2. The molecule has 5 fully saturated rings. The molecule has 3 saturated carbocycles. The Balaban J connectivity index is 1.05. The van der Waals surface area contributed by atoms with E-state index in [2.05, 4.69) is 38.2 Å². The number of nitrogens with one attached hydrogen (secondary N) is 1. The van der Waals surface area contributed by atoms with Crippen LogP contribution in [0.15, 0.2) is 18.2 Å². The molecule has 1 aromatic rings. The first-order chi connectivity index (χ1) is 18.4. The topological polar surface area (TPSA) is 56.8 Å². The third kappa shape index (κ3) is 4.05. The fraction of sp³-hybridized carbons (Fsp3) is 0.788. The van der Waals surface area contributed by atoms with Gasteiger partial charge in [0.1, 0.15) is 5.75 Å². The highest BCUT2D eigenvalue weighted by molar-refractivity contribution is 5.70. The molecule has 2 saturated heterocycles. The van der Waals surface area contributed by atoms with Crippen LogP contribution >= 0.6 is 0 Å². The zero-order chi connectivity index (χ0) is 26.1. The number of ether oxygens (including phenoxy) is 3. The van der Waals surface area contributed by atoms with Gasteiger partial charge in [0.15, 0.2) is 5.79 Å². The van der Waals surface area contributed by atoms with Crippen LogP contribution in [0.1, 0.15) is 108 Å². The number of hydrogen-bond donors (Lipinski definition) is 1. The summed E-state index contributed by atoms with van der Waals surface area (Å²) < 4.78 is 19.1. The maximum absolute atomic E-state index is 12.5. The normalized spacial score (nSPS) is 44.1. The summed E-state index contributed by atoms with van der Waals surface area (Å²) >= 11 is 0. The molecule has 0 unspecified atom stereocenters. The second-order valence-corrected chi connectivity index (χ2v) is 14.2. The van der Waals surface area contributed by atoms with Crippen molar-refractivity contribution >= 4 is 6.09 Å². The molecule has 9 atom stereocenters. The Morgan fingerprint density at radius 3 is 2.68 bits per heavy atom. The van der Waals surface area contributed by atoms with E-state index in [-0.39, 0.29) is 17.9 Å². The molecule has 1 amide bonds. The van der Waals surface area contributed by atoms with E-state index in [4.69, 9.17) is 14.2 Å². The third-order valence-electron chi connectivity index (χ3n) is 12.1. The molecule has 0 aromatic heterocycles. The first kappa shape index (κ1) is 25.4. The van der Waals surface area contributed by atoms with E-state index < -0.39 is 0 Å². The summed E-state index contributed by atoms with van der Waals surface area (Å²) in [5.74, 6) is 4.18. The summed E-state index contributed by atoms with van der Waals surface area (Å²) in [5, 5.41) is 3.09. The molecule has 1 N–H and O–H groups in total. The standard InChI is InChI=1S/C33H47NO4/c1-20-13-16-33(36-19-20)21(2)30-29(38-33)18-28-27-11-9-22-17-24(37-31(35)34-23-7-5-4-6-8-23)10-12-25(22)26(27)14-15-32(28,30)3/h10,12,17,20-21,23,26-30H,4-9,11,13-16,18-19H2,1-3H3,(H,34,35)/t20-,21+,26-,27-,28+,29+,30+,32+,33-/m1/s1. The molecule has 2 heterocycles. The quantitative estimate of drug-likeness (QED) is 0.441. The molecule has 5 heteroatoms. The summed E-state index contributed by atoms with van der Waals surface area (Å²) in [6.45, 7) is 8.18. The van der Waals surface area contributed by atoms with Gasteiger partial charge in [-0.3, -0.25) is 0 Å². The molecule has 1 aromatic carbocycles. The summed E-state index contributed by atoms with van der Waals surface area (Å²) in [5.41, 5.74) is 3.25. The van der Waals surface area contributed by atoms with Crippen LogP contribution in [-0.4, -0.2) is 30.6 Å². The average Bonchev–Trinajstić information content (AvgIpc) is 3.36. The Morgan fingerprint density at radius 1 is 1.05 bits per heavy atom. The number of benzene rings is 1. The van der Waals surface area contributed by atoms with E-state index in [1.165, 1.54) is 62.5 Å². The minimum Gasteiger partial charge on any atom is -0.410 e. The second kappa shape index (κ2) is 9.51. The predicted molar refractivity (Wildman–Crippen MR) is 147 cm³/mol. The van der Waals surface area contributed by atoms with Gasteiger partial charge in [0.05, 0.1) is 12.7 Å². The molecule has 6 aliphatic rings. The van der Waals surface area contributed by atoms with Crippen LogP contribution in [0.3, 0.4) is 0 Å². The van der Waals surface area contributed by atoms with Gasteiger partial charge < -0.3 is 19.5 Å². The number of amides is 1. The molecule has 5 nitrogen and oxygen atoms in total. The van der Waals surface area contributed by atoms with Gasteiger partial charge in [-0.25, -0.2) is 4.79 Å². The van der Waals surface area contributed by atoms with Crippen LogP contribution in [-0.2, 0) is 15.9 Å². The lowest BCUT2D eigenvalue weighted by molar-refractivity contribution is -0.272. The highest BCUT2D eigenvalue weighted by atomic mass is 16.7. The molecule has 7 rings (SSSR count). The van der Waals surface area contributed by atoms with Gasteiger partial charge in [0, 0.05) is 18.4 Å². The molecule has 2 aliphatic heterocycles. The Hall–Kier alpha value is -1.59. The average molecular weight is 522 g/mol. The van der Waals surface area contributed by atoms with Gasteiger partial charge in [-0.15, -0.1) is 0 Å². The zero-order valence-corrected chi connectivity index (χ0v) is 23.7. The van der Waals surface area contributed by atoms with Crippen molar-refractivity contribution in [2.75, 3.05) is 6.61 Å². The number of carbonyl (C=O) groups excluding carboxylic acids is 1. The molecular formula is C33H47NO4. The lowest BCUT2D eigenvalue weighted by Gasteiger charge is -2.52. The van der Waals surface area contributed by atoms with Crippen LogP contribution in [0.25, 0.3) is 0 Å². The van der Waals surface area contributed by atoms with E-state index in [0.717, 1.165) is 44.1 Å². The lowest BCUT2D eigenvalue weighted by atomic mass is 9.53. The molecule has 0 bridgehead atoms. The van der Waals surface area contributed by atoms with E-state index >= 15 is 0 Å². The highest BCUT2D eigenvalue weighted by Crippen LogP contribution is 2.69. The minimum absolute atomic E-state index is 0.270. The Labute approximate surface area is 228 Å². The van der Waals surface area contributed by atoms with Gasteiger partial charge in [0.25, 0.3) is 0 Å². The number of fused-ring (bicyclic) bond motifs is 7. The predicted octanol–water partition coefficient (Wildman–Crippen LogP) is 7.37. The van der Waals surface area contributed by atoms with Crippen molar-refractivity contribution in [2.45, 2.75) is 122 Å². The van der Waals surface area contributed by atoms with Crippen molar-refractivity contribution in [3.05, 3.63) is 29.3 Å². The highest BCUT2D eigenvalue weighted by Gasteiger charge is 2.67. The van der Waals surface area contributed by atoms with Crippen molar-refractivity contribution in [2.24, 2.45) is 35.0 Å². The van der Waals surface area contributed by atoms with Crippen molar-refractivity contribution in [3.63, 3.8) is 0 Å². The Kier molecular flexibility index (Phi) is 6.35. The van der Waals surface area contributed by atoms with Crippen molar-refractivity contribution in [1.29, 1.82) is 0 Å². The molecule has 4 aliphatic carbocycles. The fourth-order valence-corrected chi connectivity index (χ4v) is 10.2. The van der Waals surface area contributed by atoms with Gasteiger partial charge in [-0.05, 0) is 110 Å². The Bertz CT molecular complexity index is 1060. The van der Waals surface area contributed by atoms with Crippen molar-refractivity contribution in [3.8, 4) is 5.75 Å². The molecular weight excluding hydrogens is 474 g/mol. The summed E-state index contributed by atoms with van der Waals surface area (Å²) in [6, 6.07) is 6.74. The first-order valence-electron chi connectivity index (χ1n) is 15.8. The van der Waals surface area contributed by atoms with E-state index in [1.807, 2.05) is 6.07 Å². The smallest absolute Gasteiger partial charge is 0.410 e. The summed E-state index contributed by atoms with van der Waals surface area (Å²) in [4.78, 5) is 12.5. The van der Waals surface area contributed by atoms with Crippen LogP contribution in [0, 0.1) is 35.0 Å². The van der Waals surface area contributed by atoms with Crippen molar-refractivity contribution < 1.29 is 19.0 Å². The van der Waals surface area contributed by atoms with Gasteiger partial charge in [0.2, 0.25) is 0 Å². The van der Waals surface area contributed by atoms with Crippen LogP contribution in [0.5, 0.6) is 5.75 Å². The van der Waals surface area contributed by atoms with Gasteiger partial charge in [-0.2, -0.15) is 0 Å². The van der Waals surface area contributed by atoms with Crippen LogP contribution in [0.2, 0.25) is 0 Å². The maximum atomic E-state index is 12.5. The zero-order valence-electron chi connectivity index (χ0n) is 23.7. The summed E-state index contributed by atoms with van der Waals surface area (Å²) in [7, 11) is 0. The third-order valence-corrected chi connectivity index (χ3v) is 12.1. The van der Waals surface area contributed by atoms with Crippen molar-refractivity contribution in [1.82, 2.24) is 5.32 Å². The molecule has 0 radical (unpaired) electrons. The largest absolute Gasteiger partial charge is 0.412 e. The Morgan fingerprint density at radius 2 is 1.89 bits per heavy atom. The van der Waals surface area contributed by atoms with Crippen LogP contribution in [0.4, 0.5) is 4.79 Å². The number of rotatable bonds is 2. The van der Waals surface area contributed by atoms with Gasteiger partial charge in [-0.1, -0.05) is 46.1 Å². The fourth-order valence-electron chi connectivity index (χ4n) is 10.2. The van der Waals surface area contributed by atoms with E-state index in [1.54, 1.807) is 0 Å². The minimum atomic E-state index is -0.328. The maximum Gasteiger partial charge on any atom is 0.412 e. The van der Waals surface area contributed by atoms with Crippen LogP contribution < -0.4 is 10.1 Å². The molecule has 38 heavy (non-hydrogen) atoms. The number of hydrogen-bond acceptors (Lipinski definition) is 4. The molecule has 208 valence electrons. The van der Waals surface area contributed by atoms with E-state index in [0.29, 0.717) is 40.9 Å². The number of aryl methyl sites for hydroxylation is 1. The monoisotopic (exact) mass is 521 g/mol. The molecule has 1 spiro atoms. The van der Waals surface area contributed by atoms with E-state index in [9.17, 15) is 4.79 Å². The van der Waals surface area contributed by atoms with Gasteiger partial charge >= 0.3 is 6.09 Å². The first-order valence-corrected chi connectivity index (χ1v) is 15.8. The SMILES string of the molecule is C[C@@H]1CC[C@@]2(OC1)O[C@H]1C[C@H]3[C@@H]4CCc5cc(OC(=O)NC6CCCCC6)ccc5[C@H]4CC[C@]3(C)[C@H]1[C@@H]2C. The lowest BCUT2D eigenvalue weighted by Crippen LogP contribution is -2.48. The second-order valence-electron chi connectivity index (χ2n) is 14.2. The number of carbonyl (C=O) groups is 1.